The monoisotopic (exact) mass is 319 g/mol. The van der Waals surface area contributed by atoms with Gasteiger partial charge in [0.05, 0.1) is 18.0 Å². The van der Waals surface area contributed by atoms with Crippen LogP contribution in [0.4, 0.5) is 10.5 Å². The van der Waals surface area contributed by atoms with Crippen LogP contribution in [0.1, 0.15) is 31.6 Å². The quantitative estimate of drug-likeness (QED) is 0.838. The number of amides is 2. The molecule has 0 unspecified atom stereocenters. The summed E-state index contributed by atoms with van der Waals surface area (Å²) in [5.41, 5.74) is 0.519. The number of furan rings is 1. The second-order valence-electron chi connectivity index (χ2n) is 5.63. The van der Waals surface area contributed by atoms with Crippen LogP contribution in [-0.2, 0) is 0 Å². The van der Waals surface area contributed by atoms with E-state index in [-0.39, 0.29) is 17.2 Å². The Bertz CT molecular complexity index is 645. The van der Waals surface area contributed by atoms with Crippen molar-refractivity contribution in [3.63, 3.8) is 0 Å². The zero-order chi connectivity index (χ0) is 15.5. The molecule has 3 heterocycles. The molecule has 1 aliphatic heterocycles. The Morgan fingerprint density at radius 2 is 2.32 bits per heavy atom. The van der Waals surface area contributed by atoms with Gasteiger partial charge in [-0.05, 0) is 43.0 Å². The highest BCUT2D eigenvalue weighted by Crippen LogP contribution is 2.34. The Balaban J connectivity index is 1.79. The van der Waals surface area contributed by atoms with Gasteiger partial charge in [-0.1, -0.05) is 18.5 Å². The Morgan fingerprint density at radius 3 is 3.05 bits per heavy atom. The predicted octanol–water partition coefficient (Wildman–Crippen LogP) is 4.33. The highest BCUT2D eigenvalue weighted by Gasteiger charge is 2.32. The average Bonchev–Trinajstić information content (AvgIpc) is 3.03. The fourth-order valence-electron chi connectivity index (χ4n) is 2.80. The summed E-state index contributed by atoms with van der Waals surface area (Å²) in [5.74, 6) is 1.38. The summed E-state index contributed by atoms with van der Waals surface area (Å²) in [6, 6.07) is 7.02. The van der Waals surface area contributed by atoms with Gasteiger partial charge < -0.3 is 14.6 Å². The van der Waals surface area contributed by atoms with E-state index in [1.54, 1.807) is 24.6 Å². The van der Waals surface area contributed by atoms with Crippen LogP contribution in [0, 0.1) is 5.92 Å². The van der Waals surface area contributed by atoms with E-state index in [1.165, 1.54) is 0 Å². The first-order chi connectivity index (χ1) is 10.6. The predicted molar refractivity (Wildman–Crippen MR) is 84.8 cm³/mol. The molecule has 2 aromatic rings. The van der Waals surface area contributed by atoms with Gasteiger partial charge >= 0.3 is 6.03 Å². The smallest absolute Gasteiger partial charge is 0.322 e. The summed E-state index contributed by atoms with van der Waals surface area (Å²) in [4.78, 5) is 18.4. The van der Waals surface area contributed by atoms with Crippen molar-refractivity contribution >= 4 is 23.3 Å². The third kappa shape index (κ3) is 3.09. The second kappa shape index (κ2) is 6.40. The molecule has 0 aliphatic carbocycles. The molecule has 0 aromatic carbocycles. The maximum Gasteiger partial charge on any atom is 0.322 e. The van der Waals surface area contributed by atoms with Gasteiger partial charge in [0.15, 0.2) is 5.15 Å². The van der Waals surface area contributed by atoms with Gasteiger partial charge in [0.1, 0.15) is 5.76 Å². The highest BCUT2D eigenvalue weighted by molar-refractivity contribution is 6.32. The second-order valence-corrected chi connectivity index (χ2v) is 5.98. The average molecular weight is 320 g/mol. The van der Waals surface area contributed by atoms with Crippen molar-refractivity contribution in [3.8, 4) is 0 Å². The Labute approximate surface area is 134 Å². The number of piperidine rings is 1. The molecule has 0 bridgehead atoms. The first kappa shape index (κ1) is 14.9. The molecule has 2 atom stereocenters. The van der Waals surface area contributed by atoms with Gasteiger partial charge in [0, 0.05) is 12.7 Å². The van der Waals surface area contributed by atoms with Crippen molar-refractivity contribution in [1.29, 1.82) is 0 Å². The molecule has 3 rings (SSSR count). The minimum Gasteiger partial charge on any atom is -0.467 e. The summed E-state index contributed by atoms with van der Waals surface area (Å²) >= 11 is 6.00. The Kier molecular flexibility index (Phi) is 4.34. The molecule has 2 aromatic heterocycles. The van der Waals surface area contributed by atoms with E-state index in [9.17, 15) is 4.79 Å². The molecule has 5 nitrogen and oxygen atoms in total. The molecule has 22 heavy (non-hydrogen) atoms. The molecule has 2 amide bonds. The van der Waals surface area contributed by atoms with Gasteiger partial charge in [0.25, 0.3) is 0 Å². The van der Waals surface area contributed by atoms with E-state index in [0.717, 1.165) is 18.6 Å². The van der Waals surface area contributed by atoms with Crippen LogP contribution in [-0.4, -0.2) is 22.5 Å². The molecular weight excluding hydrogens is 302 g/mol. The largest absolute Gasteiger partial charge is 0.467 e. The summed E-state index contributed by atoms with van der Waals surface area (Å²) in [6.45, 7) is 2.89. The van der Waals surface area contributed by atoms with E-state index >= 15 is 0 Å². The van der Waals surface area contributed by atoms with Crippen molar-refractivity contribution in [2.45, 2.75) is 25.8 Å². The van der Waals surface area contributed by atoms with Crippen LogP contribution in [0.3, 0.4) is 0 Å². The number of anilines is 1. The van der Waals surface area contributed by atoms with E-state index in [1.807, 2.05) is 17.0 Å². The molecule has 0 radical (unpaired) electrons. The van der Waals surface area contributed by atoms with Crippen LogP contribution in [0.15, 0.2) is 41.1 Å². The number of carbonyl (C=O) groups excluding carboxylic acids is 1. The fourth-order valence-corrected chi connectivity index (χ4v) is 2.97. The van der Waals surface area contributed by atoms with Gasteiger partial charge in [-0.15, -0.1) is 0 Å². The zero-order valence-corrected chi connectivity index (χ0v) is 13.1. The number of carbonyl (C=O) groups is 1. The van der Waals surface area contributed by atoms with Crippen molar-refractivity contribution < 1.29 is 9.21 Å². The third-order valence-corrected chi connectivity index (χ3v) is 4.30. The van der Waals surface area contributed by atoms with Crippen LogP contribution < -0.4 is 5.32 Å². The van der Waals surface area contributed by atoms with Crippen molar-refractivity contribution in [3.05, 3.63) is 47.6 Å². The number of rotatable bonds is 2. The summed E-state index contributed by atoms with van der Waals surface area (Å²) in [6.07, 6.45) is 5.10. The number of urea groups is 1. The van der Waals surface area contributed by atoms with Crippen LogP contribution in [0.2, 0.25) is 5.15 Å². The first-order valence-corrected chi connectivity index (χ1v) is 7.74. The number of pyridine rings is 1. The number of nitrogens with one attached hydrogen (secondary N) is 1. The van der Waals surface area contributed by atoms with Gasteiger partial charge in [-0.2, -0.15) is 0 Å². The van der Waals surface area contributed by atoms with Crippen molar-refractivity contribution in [2.24, 2.45) is 5.92 Å². The molecule has 116 valence electrons. The maximum absolute atomic E-state index is 12.6. The minimum absolute atomic E-state index is 0.0470. The summed E-state index contributed by atoms with van der Waals surface area (Å²) in [5, 5.41) is 3.13. The molecule has 0 saturated carbocycles. The lowest BCUT2D eigenvalue weighted by Gasteiger charge is -2.37. The van der Waals surface area contributed by atoms with Gasteiger partial charge in [0.2, 0.25) is 0 Å². The SMILES string of the molecule is C[C@H]1CCN(C(=O)Nc2cccnc2Cl)[C@@H](c2ccco2)C1. The van der Waals surface area contributed by atoms with E-state index < -0.39 is 0 Å². The maximum atomic E-state index is 12.6. The Hall–Kier alpha value is -2.01. The van der Waals surface area contributed by atoms with Crippen LogP contribution in [0.5, 0.6) is 0 Å². The lowest BCUT2D eigenvalue weighted by Crippen LogP contribution is -2.42. The Morgan fingerprint density at radius 1 is 1.45 bits per heavy atom. The zero-order valence-electron chi connectivity index (χ0n) is 12.3. The van der Waals surface area contributed by atoms with E-state index in [0.29, 0.717) is 18.2 Å². The molecular formula is C16H18ClN3O2. The number of hydrogen-bond donors (Lipinski definition) is 1. The summed E-state index contributed by atoms with van der Waals surface area (Å²) < 4.78 is 5.52. The molecule has 1 aliphatic rings. The molecule has 1 saturated heterocycles. The molecule has 6 heteroatoms. The number of aromatic nitrogens is 1. The van der Waals surface area contributed by atoms with Crippen molar-refractivity contribution in [1.82, 2.24) is 9.88 Å². The lowest BCUT2D eigenvalue weighted by atomic mass is 9.91. The number of likely N-dealkylation sites (tertiary alicyclic amines) is 1. The topological polar surface area (TPSA) is 58.4 Å². The highest BCUT2D eigenvalue weighted by atomic mass is 35.5. The number of nitrogens with zero attached hydrogens (tertiary/aromatic N) is 2. The lowest BCUT2D eigenvalue weighted by molar-refractivity contribution is 0.129. The normalized spacial score (nSPS) is 21.6. The standard InChI is InChI=1S/C16H18ClN3O2/c1-11-6-8-20(13(10-11)14-5-3-9-22-14)16(21)19-12-4-2-7-18-15(12)17/h2-5,7,9,11,13H,6,8,10H2,1H3,(H,19,21)/t11-,13+/m0/s1. The number of hydrogen-bond acceptors (Lipinski definition) is 3. The molecule has 1 N–H and O–H groups in total. The van der Waals surface area contributed by atoms with Gasteiger partial charge in [-0.25, -0.2) is 9.78 Å². The first-order valence-electron chi connectivity index (χ1n) is 7.36. The molecule has 0 spiro atoms. The van der Waals surface area contributed by atoms with Crippen LogP contribution >= 0.6 is 11.6 Å². The number of halogens is 1. The van der Waals surface area contributed by atoms with Crippen LogP contribution in [0.25, 0.3) is 0 Å². The fraction of sp³-hybridized carbons (Fsp3) is 0.375. The minimum atomic E-state index is -0.178. The third-order valence-electron chi connectivity index (χ3n) is 4.00. The molecule has 1 fully saturated rings. The van der Waals surface area contributed by atoms with Crippen molar-refractivity contribution in [2.75, 3.05) is 11.9 Å². The summed E-state index contributed by atoms with van der Waals surface area (Å²) in [7, 11) is 0. The van der Waals surface area contributed by atoms with E-state index in [2.05, 4.69) is 17.2 Å². The van der Waals surface area contributed by atoms with E-state index in [4.69, 9.17) is 16.0 Å². The van der Waals surface area contributed by atoms with Gasteiger partial charge in [-0.3, -0.25) is 0 Å².